The lowest BCUT2D eigenvalue weighted by Gasteiger charge is -2.13. The van der Waals surface area contributed by atoms with Crippen molar-refractivity contribution in [3.05, 3.63) is 47.5 Å². The van der Waals surface area contributed by atoms with Gasteiger partial charge in [-0.2, -0.15) is 0 Å². The van der Waals surface area contributed by atoms with Crippen LogP contribution in [0.5, 0.6) is 17.2 Å². The maximum atomic E-state index is 6.03. The Hall–Kier alpha value is -2.07. The lowest BCUT2D eigenvalue weighted by molar-refractivity contribution is 0.332. The number of ether oxygens (including phenoxy) is 3. The maximum Gasteiger partial charge on any atom is 0.142 e. The van der Waals surface area contributed by atoms with E-state index in [4.69, 9.17) is 25.8 Å². The predicted molar refractivity (Wildman–Crippen MR) is 85.0 cm³/mol. The second-order valence-corrected chi connectivity index (χ2v) is 4.68. The summed E-state index contributed by atoms with van der Waals surface area (Å²) in [5, 5.41) is 3.86. The minimum atomic E-state index is 0.490. The van der Waals surface area contributed by atoms with Gasteiger partial charge in [-0.15, -0.1) is 0 Å². The number of hydrogen-bond donors (Lipinski definition) is 1. The molecular weight excluding hydrogens is 290 g/mol. The van der Waals surface area contributed by atoms with E-state index in [9.17, 15) is 0 Å². The van der Waals surface area contributed by atoms with E-state index in [1.165, 1.54) is 0 Å². The van der Waals surface area contributed by atoms with Gasteiger partial charge in [0.05, 0.1) is 24.9 Å². The van der Waals surface area contributed by atoms with E-state index in [0.29, 0.717) is 23.9 Å². The molecule has 0 heterocycles. The predicted octanol–water partition coefficient (Wildman–Crippen LogP) is 3.85. The Kier molecular flexibility index (Phi) is 5.58. The molecule has 0 atom stereocenters. The first-order valence-corrected chi connectivity index (χ1v) is 6.95. The van der Waals surface area contributed by atoms with Gasteiger partial charge in [-0.1, -0.05) is 23.7 Å². The highest BCUT2D eigenvalue weighted by atomic mass is 35.5. The summed E-state index contributed by atoms with van der Waals surface area (Å²) in [5.74, 6) is 2.21. The molecule has 0 aliphatic carbocycles. The fourth-order valence-electron chi connectivity index (χ4n) is 1.86. The number of para-hydroxylation sites is 1. The quantitative estimate of drug-likeness (QED) is 0.789. The molecule has 0 aromatic heterocycles. The van der Waals surface area contributed by atoms with Crippen LogP contribution in [0.4, 0.5) is 5.69 Å². The normalized spacial score (nSPS) is 10.0. The molecule has 0 saturated carbocycles. The molecule has 2 aromatic carbocycles. The van der Waals surface area contributed by atoms with Gasteiger partial charge < -0.3 is 19.5 Å². The van der Waals surface area contributed by atoms with Crippen molar-refractivity contribution in [3.63, 3.8) is 0 Å². The SMILES string of the molecule is COc1ccc(OC)c(NCCOc2ccccc2Cl)c1. The topological polar surface area (TPSA) is 39.7 Å². The van der Waals surface area contributed by atoms with Crippen LogP contribution < -0.4 is 19.5 Å². The van der Waals surface area contributed by atoms with Crippen molar-refractivity contribution in [2.45, 2.75) is 0 Å². The standard InChI is InChI=1S/C16H18ClNO3/c1-19-12-7-8-16(20-2)14(11-12)18-9-10-21-15-6-4-3-5-13(15)17/h3-8,11,18H,9-10H2,1-2H3. The Labute approximate surface area is 129 Å². The van der Waals surface area contributed by atoms with Crippen molar-refractivity contribution in [1.82, 2.24) is 0 Å². The maximum absolute atomic E-state index is 6.03. The van der Waals surface area contributed by atoms with Crippen LogP contribution in [0.2, 0.25) is 5.02 Å². The fraction of sp³-hybridized carbons (Fsp3) is 0.250. The van der Waals surface area contributed by atoms with E-state index in [-0.39, 0.29) is 0 Å². The third-order valence-corrected chi connectivity index (χ3v) is 3.23. The van der Waals surface area contributed by atoms with Crippen molar-refractivity contribution >= 4 is 17.3 Å². The summed E-state index contributed by atoms with van der Waals surface area (Å²) in [6, 6.07) is 13.0. The number of methoxy groups -OCH3 is 2. The van der Waals surface area contributed by atoms with Crippen LogP contribution in [-0.2, 0) is 0 Å². The molecule has 0 spiro atoms. The highest BCUT2D eigenvalue weighted by Crippen LogP contribution is 2.28. The highest BCUT2D eigenvalue weighted by molar-refractivity contribution is 6.32. The molecular formula is C16H18ClNO3. The first-order chi connectivity index (χ1) is 10.2. The van der Waals surface area contributed by atoms with Gasteiger partial charge in [0.15, 0.2) is 0 Å². The Morgan fingerprint density at radius 3 is 2.52 bits per heavy atom. The Morgan fingerprint density at radius 2 is 1.81 bits per heavy atom. The van der Waals surface area contributed by atoms with Crippen molar-refractivity contribution in [3.8, 4) is 17.2 Å². The second-order valence-electron chi connectivity index (χ2n) is 4.27. The number of nitrogens with one attached hydrogen (secondary N) is 1. The van der Waals surface area contributed by atoms with Crippen LogP contribution in [0, 0.1) is 0 Å². The molecule has 2 rings (SSSR count). The molecule has 0 aliphatic heterocycles. The first-order valence-electron chi connectivity index (χ1n) is 6.58. The molecule has 4 nitrogen and oxygen atoms in total. The van der Waals surface area contributed by atoms with Gasteiger partial charge in [-0.25, -0.2) is 0 Å². The molecule has 0 fully saturated rings. The fourth-order valence-corrected chi connectivity index (χ4v) is 2.05. The van der Waals surface area contributed by atoms with Crippen LogP contribution >= 0.6 is 11.6 Å². The average molecular weight is 308 g/mol. The summed E-state index contributed by atoms with van der Waals surface area (Å²) in [6.07, 6.45) is 0. The van der Waals surface area contributed by atoms with E-state index in [1.54, 1.807) is 20.3 Å². The van der Waals surface area contributed by atoms with Crippen LogP contribution in [-0.4, -0.2) is 27.4 Å². The highest BCUT2D eigenvalue weighted by Gasteiger charge is 2.05. The molecule has 5 heteroatoms. The van der Waals surface area contributed by atoms with Crippen molar-refractivity contribution in [2.24, 2.45) is 0 Å². The van der Waals surface area contributed by atoms with Crippen molar-refractivity contribution < 1.29 is 14.2 Å². The molecule has 21 heavy (non-hydrogen) atoms. The lowest BCUT2D eigenvalue weighted by atomic mass is 10.2. The molecule has 0 aliphatic rings. The van der Waals surface area contributed by atoms with Gasteiger partial charge in [0, 0.05) is 12.6 Å². The molecule has 112 valence electrons. The molecule has 0 bridgehead atoms. The van der Waals surface area contributed by atoms with Crippen molar-refractivity contribution in [1.29, 1.82) is 0 Å². The lowest BCUT2D eigenvalue weighted by Crippen LogP contribution is -2.12. The number of anilines is 1. The summed E-state index contributed by atoms with van der Waals surface area (Å²) in [6.45, 7) is 1.11. The van der Waals surface area contributed by atoms with Gasteiger partial charge in [-0.3, -0.25) is 0 Å². The number of halogens is 1. The molecule has 2 aromatic rings. The van der Waals surface area contributed by atoms with Crippen LogP contribution in [0.1, 0.15) is 0 Å². The van der Waals surface area contributed by atoms with Gasteiger partial charge >= 0.3 is 0 Å². The second kappa shape index (κ2) is 7.64. The van der Waals surface area contributed by atoms with Crippen LogP contribution in [0.15, 0.2) is 42.5 Å². The summed E-state index contributed by atoms with van der Waals surface area (Å²) < 4.78 is 16.1. The molecule has 1 N–H and O–H groups in total. The van der Waals surface area contributed by atoms with E-state index in [1.807, 2.05) is 36.4 Å². The Balaban J connectivity index is 1.90. The largest absolute Gasteiger partial charge is 0.497 e. The van der Waals surface area contributed by atoms with E-state index in [0.717, 1.165) is 17.2 Å². The summed E-state index contributed by atoms with van der Waals surface area (Å²) in [5.41, 5.74) is 0.861. The zero-order valence-corrected chi connectivity index (χ0v) is 12.8. The smallest absolute Gasteiger partial charge is 0.142 e. The zero-order chi connectivity index (χ0) is 15.1. The van der Waals surface area contributed by atoms with Gasteiger partial charge in [0.25, 0.3) is 0 Å². The van der Waals surface area contributed by atoms with E-state index in [2.05, 4.69) is 5.32 Å². The summed E-state index contributed by atoms with van der Waals surface area (Å²) in [4.78, 5) is 0. The van der Waals surface area contributed by atoms with E-state index < -0.39 is 0 Å². The molecule has 0 saturated heterocycles. The van der Waals surface area contributed by atoms with Crippen LogP contribution in [0.3, 0.4) is 0 Å². The average Bonchev–Trinajstić information content (AvgIpc) is 2.52. The Morgan fingerprint density at radius 1 is 1.00 bits per heavy atom. The minimum Gasteiger partial charge on any atom is -0.497 e. The third-order valence-electron chi connectivity index (χ3n) is 2.92. The molecule has 0 radical (unpaired) electrons. The van der Waals surface area contributed by atoms with Gasteiger partial charge in [0.1, 0.15) is 23.9 Å². The first kappa shape index (κ1) is 15.3. The van der Waals surface area contributed by atoms with E-state index >= 15 is 0 Å². The summed E-state index contributed by atoms with van der Waals surface area (Å²) in [7, 11) is 3.26. The monoisotopic (exact) mass is 307 g/mol. The third kappa shape index (κ3) is 4.20. The molecule has 0 unspecified atom stereocenters. The number of rotatable bonds is 7. The van der Waals surface area contributed by atoms with Gasteiger partial charge in [-0.05, 0) is 24.3 Å². The zero-order valence-electron chi connectivity index (χ0n) is 12.1. The minimum absolute atomic E-state index is 0.490. The molecule has 0 amide bonds. The van der Waals surface area contributed by atoms with Crippen LogP contribution in [0.25, 0.3) is 0 Å². The number of benzene rings is 2. The van der Waals surface area contributed by atoms with Gasteiger partial charge in [0.2, 0.25) is 0 Å². The Bertz CT molecular complexity index is 589. The number of hydrogen-bond acceptors (Lipinski definition) is 4. The van der Waals surface area contributed by atoms with Crippen molar-refractivity contribution in [2.75, 3.05) is 32.7 Å². The summed E-state index contributed by atoms with van der Waals surface area (Å²) >= 11 is 6.03.